The van der Waals surface area contributed by atoms with Gasteiger partial charge in [-0.3, -0.25) is 4.99 Å². The van der Waals surface area contributed by atoms with Gasteiger partial charge in [0.05, 0.1) is 19.8 Å². The van der Waals surface area contributed by atoms with E-state index < -0.39 is 0 Å². The zero-order valence-corrected chi connectivity index (χ0v) is 16.5. The number of hydrogen-bond acceptors (Lipinski definition) is 4. The molecule has 2 N–H and O–H groups in total. The molecule has 7 heteroatoms. The molecule has 7 nitrogen and oxygen atoms in total. The Kier molecular flexibility index (Phi) is 6.81. The molecule has 0 aliphatic carbocycles. The Hall–Kier alpha value is -2.41. The van der Waals surface area contributed by atoms with E-state index in [0.29, 0.717) is 31.7 Å². The molecule has 0 spiro atoms. The highest BCUT2D eigenvalue weighted by Gasteiger charge is 2.23. The van der Waals surface area contributed by atoms with Crippen molar-refractivity contribution in [3.05, 3.63) is 47.5 Å². The summed E-state index contributed by atoms with van der Waals surface area (Å²) in [5, 5.41) is 11.4. The van der Waals surface area contributed by atoms with Gasteiger partial charge in [-0.15, -0.1) is 0 Å². The number of benzene rings is 1. The second-order valence-corrected chi connectivity index (χ2v) is 7.14. The van der Waals surface area contributed by atoms with Gasteiger partial charge in [0.1, 0.15) is 5.82 Å². The number of fused-ring (bicyclic) bond motifs is 1. The van der Waals surface area contributed by atoms with Crippen molar-refractivity contribution in [2.45, 2.75) is 51.8 Å². The zero-order chi connectivity index (χ0) is 19.1. The van der Waals surface area contributed by atoms with E-state index in [1.807, 2.05) is 22.9 Å². The van der Waals surface area contributed by atoms with Crippen LogP contribution in [0.3, 0.4) is 0 Å². The molecular formula is C20H30N6O. The Labute approximate surface area is 161 Å². The van der Waals surface area contributed by atoms with Crippen LogP contribution < -0.4 is 10.6 Å². The summed E-state index contributed by atoms with van der Waals surface area (Å²) >= 11 is 0. The molecule has 0 fully saturated rings. The summed E-state index contributed by atoms with van der Waals surface area (Å²) in [6.07, 6.45) is 1.97. The molecule has 1 aromatic carbocycles. The van der Waals surface area contributed by atoms with Crippen LogP contribution in [0.15, 0.2) is 35.3 Å². The molecule has 0 saturated carbocycles. The fraction of sp³-hybridized carbons (Fsp3) is 0.550. The van der Waals surface area contributed by atoms with E-state index in [9.17, 15) is 0 Å². The van der Waals surface area contributed by atoms with Crippen LogP contribution >= 0.6 is 0 Å². The second kappa shape index (κ2) is 9.50. The maximum atomic E-state index is 5.71. The molecule has 1 aromatic heterocycles. The highest BCUT2D eigenvalue weighted by atomic mass is 16.5. The van der Waals surface area contributed by atoms with Crippen molar-refractivity contribution in [3.8, 4) is 0 Å². The molecule has 0 radical (unpaired) electrons. The summed E-state index contributed by atoms with van der Waals surface area (Å²) in [5.74, 6) is 3.19. The minimum Gasteiger partial charge on any atom is -0.375 e. The van der Waals surface area contributed by atoms with E-state index in [4.69, 9.17) is 4.74 Å². The first kappa shape index (κ1) is 19.4. The molecule has 27 heavy (non-hydrogen) atoms. The van der Waals surface area contributed by atoms with E-state index in [0.717, 1.165) is 37.0 Å². The van der Waals surface area contributed by atoms with Crippen molar-refractivity contribution in [1.82, 2.24) is 25.4 Å². The third-order valence-electron chi connectivity index (χ3n) is 4.61. The summed E-state index contributed by atoms with van der Waals surface area (Å²) in [5.41, 5.74) is 1.19. The van der Waals surface area contributed by atoms with Crippen molar-refractivity contribution in [1.29, 1.82) is 0 Å². The smallest absolute Gasteiger partial charge is 0.191 e. The quantitative estimate of drug-likeness (QED) is 0.443. The molecule has 1 atom stereocenters. The lowest BCUT2D eigenvalue weighted by molar-refractivity contribution is 0.125. The Morgan fingerprint density at radius 3 is 2.89 bits per heavy atom. The van der Waals surface area contributed by atoms with Crippen molar-refractivity contribution in [3.63, 3.8) is 0 Å². The second-order valence-electron chi connectivity index (χ2n) is 7.14. The SMILES string of the molecule is CN=C(NCCOCc1ccccc1)NC1CCc2nc(C(C)C)nn2C1. The molecular weight excluding hydrogens is 340 g/mol. The van der Waals surface area contributed by atoms with Gasteiger partial charge in [-0.1, -0.05) is 44.2 Å². The molecule has 1 aliphatic heterocycles. The van der Waals surface area contributed by atoms with Crippen LogP contribution in [0.2, 0.25) is 0 Å². The predicted octanol–water partition coefficient (Wildman–Crippen LogP) is 2.10. The number of rotatable bonds is 7. The lowest BCUT2D eigenvalue weighted by atomic mass is 10.1. The number of guanidine groups is 1. The average molecular weight is 371 g/mol. The Bertz CT molecular complexity index is 740. The fourth-order valence-corrected chi connectivity index (χ4v) is 3.08. The third kappa shape index (κ3) is 5.53. The Balaban J connectivity index is 1.40. The molecule has 1 aliphatic rings. The van der Waals surface area contributed by atoms with Gasteiger partial charge in [-0.25, -0.2) is 9.67 Å². The summed E-state index contributed by atoms with van der Waals surface area (Å²) in [6.45, 7) is 7.05. The van der Waals surface area contributed by atoms with Gasteiger partial charge in [0.15, 0.2) is 11.8 Å². The minimum atomic E-state index is 0.302. The van der Waals surface area contributed by atoms with E-state index >= 15 is 0 Å². The van der Waals surface area contributed by atoms with Crippen molar-refractivity contribution >= 4 is 5.96 Å². The van der Waals surface area contributed by atoms with Gasteiger partial charge in [0.25, 0.3) is 0 Å². The van der Waals surface area contributed by atoms with Crippen LogP contribution in [0.5, 0.6) is 0 Å². The molecule has 146 valence electrons. The van der Waals surface area contributed by atoms with Crippen LogP contribution in [0, 0.1) is 0 Å². The van der Waals surface area contributed by atoms with Gasteiger partial charge >= 0.3 is 0 Å². The molecule has 2 aromatic rings. The number of ether oxygens (including phenoxy) is 1. The van der Waals surface area contributed by atoms with Crippen molar-refractivity contribution in [2.24, 2.45) is 4.99 Å². The van der Waals surface area contributed by atoms with Gasteiger partial charge in [0, 0.05) is 32.0 Å². The summed E-state index contributed by atoms with van der Waals surface area (Å²) in [7, 11) is 1.79. The molecule has 3 rings (SSSR count). The van der Waals surface area contributed by atoms with Crippen molar-refractivity contribution < 1.29 is 4.74 Å². The van der Waals surface area contributed by atoms with E-state index in [2.05, 4.69) is 51.7 Å². The fourth-order valence-electron chi connectivity index (χ4n) is 3.08. The third-order valence-corrected chi connectivity index (χ3v) is 4.61. The van der Waals surface area contributed by atoms with Crippen LogP contribution in [0.25, 0.3) is 0 Å². The zero-order valence-electron chi connectivity index (χ0n) is 16.5. The lowest BCUT2D eigenvalue weighted by Crippen LogP contribution is -2.47. The molecule has 1 unspecified atom stereocenters. The number of aliphatic imine (C=N–C) groups is 1. The first-order chi connectivity index (χ1) is 13.2. The number of nitrogens with one attached hydrogen (secondary N) is 2. The van der Waals surface area contributed by atoms with E-state index in [1.165, 1.54) is 5.56 Å². The van der Waals surface area contributed by atoms with Crippen LogP contribution in [-0.2, 0) is 24.3 Å². The molecule has 0 amide bonds. The van der Waals surface area contributed by atoms with Crippen LogP contribution in [-0.4, -0.2) is 47.0 Å². The Morgan fingerprint density at radius 1 is 1.33 bits per heavy atom. The first-order valence-electron chi connectivity index (χ1n) is 9.68. The maximum absolute atomic E-state index is 5.71. The summed E-state index contributed by atoms with van der Waals surface area (Å²) < 4.78 is 7.74. The molecule has 0 bridgehead atoms. The van der Waals surface area contributed by atoms with Gasteiger partial charge in [-0.05, 0) is 12.0 Å². The topological polar surface area (TPSA) is 76.4 Å². The van der Waals surface area contributed by atoms with Crippen LogP contribution in [0.4, 0.5) is 0 Å². The highest BCUT2D eigenvalue weighted by molar-refractivity contribution is 5.79. The number of hydrogen-bond donors (Lipinski definition) is 2. The number of aryl methyl sites for hydroxylation is 1. The largest absolute Gasteiger partial charge is 0.375 e. The predicted molar refractivity (Wildman–Crippen MR) is 107 cm³/mol. The van der Waals surface area contributed by atoms with Gasteiger partial charge in [-0.2, -0.15) is 5.10 Å². The summed E-state index contributed by atoms with van der Waals surface area (Å²) in [6, 6.07) is 10.5. The highest BCUT2D eigenvalue weighted by Crippen LogP contribution is 2.16. The van der Waals surface area contributed by atoms with Crippen molar-refractivity contribution in [2.75, 3.05) is 20.2 Å². The molecule has 2 heterocycles. The van der Waals surface area contributed by atoms with Crippen LogP contribution in [0.1, 0.15) is 43.4 Å². The number of aromatic nitrogens is 3. The Morgan fingerprint density at radius 2 is 2.15 bits per heavy atom. The summed E-state index contributed by atoms with van der Waals surface area (Å²) in [4.78, 5) is 8.96. The van der Waals surface area contributed by atoms with Gasteiger partial charge in [0.2, 0.25) is 0 Å². The monoisotopic (exact) mass is 370 g/mol. The minimum absolute atomic E-state index is 0.302. The lowest BCUT2D eigenvalue weighted by Gasteiger charge is -2.25. The van der Waals surface area contributed by atoms with Gasteiger partial charge < -0.3 is 15.4 Å². The number of nitrogens with zero attached hydrogens (tertiary/aromatic N) is 4. The first-order valence-corrected chi connectivity index (χ1v) is 9.68. The van der Waals surface area contributed by atoms with E-state index in [1.54, 1.807) is 7.05 Å². The van der Waals surface area contributed by atoms with E-state index in [-0.39, 0.29) is 0 Å². The maximum Gasteiger partial charge on any atom is 0.191 e. The normalized spacial score (nSPS) is 17.0. The molecule has 0 saturated heterocycles. The standard InChI is InChI=1S/C20H30N6O/c1-15(2)19-24-18-10-9-17(13-26(18)25-19)23-20(21-3)22-11-12-27-14-16-7-5-4-6-8-16/h4-8,15,17H,9-14H2,1-3H3,(H2,21,22,23). The average Bonchev–Trinajstić information content (AvgIpc) is 3.11.